The van der Waals surface area contributed by atoms with Crippen LogP contribution in [0.1, 0.15) is 24.8 Å². The van der Waals surface area contributed by atoms with Gasteiger partial charge in [-0.3, -0.25) is 5.32 Å². The molecule has 1 aromatic rings. The summed E-state index contributed by atoms with van der Waals surface area (Å²) in [5.41, 5.74) is 0. The average Bonchev–Trinajstić information content (AvgIpc) is 2.93. The molecular formula is C12H21N5O3S2. The van der Waals surface area contributed by atoms with E-state index >= 15 is 0 Å². The van der Waals surface area contributed by atoms with Crippen LogP contribution in [0.15, 0.2) is 0 Å². The molecule has 0 aromatic carbocycles. The van der Waals surface area contributed by atoms with Crippen molar-refractivity contribution < 1.29 is 13.2 Å². The van der Waals surface area contributed by atoms with E-state index in [4.69, 9.17) is 0 Å². The maximum atomic E-state index is 12.2. The van der Waals surface area contributed by atoms with Gasteiger partial charge in [0.15, 0.2) is 0 Å². The summed E-state index contributed by atoms with van der Waals surface area (Å²) in [7, 11) is -1.43. The lowest BCUT2D eigenvalue weighted by atomic mass is 10.1. The average molecular weight is 347 g/mol. The van der Waals surface area contributed by atoms with E-state index in [-0.39, 0.29) is 12.1 Å². The van der Waals surface area contributed by atoms with E-state index in [1.165, 1.54) is 21.9 Å². The van der Waals surface area contributed by atoms with Gasteiger partial charge in [-0.25, -0.2) is 17.5 Å². The number of hydrogen-bond donors (Lipinski definition) is 1. The quantitative estimate of drug-likeness (QED) is 0.876. The Morgan fingerprint density at radius 2 is 2.05 bits per heavy atom. The van der Waals surface area contributed by atoms with Crippen molar-refractivity contribution in [3.05, 3.63) is 5.01 Å². The molecule has 1 aliphatic heterocycles. The molecule has 0 radical (unpaired) electrons. The lowest BCUT2D eigenvalue weighted by Crippen LogP contribution is -2.48. The van der Waals surface area contributed by atoms with Gasteiger partial charge in [-0.1, -0.05) is 18.3 Å². The molecule has 10 heteroatoms. The fourth-order valence-corrected chi connectivity index (χ4v) is 3.90. The molecule has 1 aromatic heterocycles. The number of urea groups is 1. The first-order valence-electron chi connectivity index (χ1n) is 7.12. The van der Waals surface area contributed by atoms with E-state index in [1.807, 2.05) is 6.92 Å². The minimum atomic E-state index is -3.15. The molecule has 1 aliphatic rings. The van der Waals surface area contributed by atoms with E-state index in [0.29, 0.717) is 31.1 Å². The van der Waals surface area contributed by atoms with Gasteiger partial charge in [0.25, 0.3) is 0 Å². The van der Waals surface area contributed by atoms with Crippen LogP contribution in [0.25, 0.3) is 0 Å². The first-order valence-corrected chi connectivity index (χ1v) is 9.79. The Hall–Kier alpha value is -1.26. The summed E-state index contributed by atoms with van der Waals surface area (Å²) in [5, 5.41) is 12.0. The van der Waals surface area contributed by atoms with Gasteiger partial charge in [-0.05, 0) is 19.3 Å². The number of amides is 2. The largest absolute Gasteiger partial charge is 0.324 e. The predicted molar refractivity (Wildman–Crippen MR) is 85.5 cm³/mol. The number of carbonyl (C=O) groups is 1. The smallest absolute Gasteiger partial charge is 0.323 e. The number of sulfonamides is 1. The van der Waals surface area contributed by atoms with Crippen molar-refractivity contribution in [3.63, 3.8) is 0 Å². The molecule has 124 valence electrons. The maximum absolute atomic E-state index is 12.2. The molecule has 1 saturated heterocycles. The Bertz CT molecular complexity index is 622. The minimum Gasteiger partial charge on any atom is -0.324 e. The highest BCUT2D eigenvalue weighted by Gasteiger charge is 2.29. The van der Waals surface area contributed by atoms with Crippen LogP contribution in [0.3, 0.4) is 0 Å². The second kappa shape index (κ2) is 6.88. The summed E-state index contributed by atoms with van der Waals surface area (Å²) in [5.74, 6) is 0. The lowest BCUT2D eigenvalue weighted by Gasteiger charge is -2.35. The van der Waals surface area contributed by atoms with Gasteiger partial charge in [0.1, 0.15) is 5.01 Å². The molecule has 0 spiro atoms. The molecule has 0 bridgehead atoms. The highest BCUT2D eigenvalue weighted by molar-refractivity contribution is 7.88. The third-order valence-corrected chi connectivity index (χ3v) is 6.03. The molecule has 8 nitrogen and oxygen atoms in total. The van der Waals surface area contributed by atoms with Crippen molar-refractivity contribution in [2.75, 3.05) is 31.7 Å². The predicted octanol–water partition coefficient (Wildman–Crippen LogP) is 0.988. The number of aryl methyl sites for hydroxylation is 1. The topological polar surface area (TPSA) is 95.5 Å². The first kappa shape index (κ1) is 17.1. The normalized spacial score (nSPS) is 17.4. The summed E-state index contributed by atoms with van der Waals surface area (Å²) < 4.78 is 24.4. The number of piperidine rings is 1. The Morgan fingerprint density at radius 3 is 2.55 bits per heavy atom. The third-order valence-electron chi connectivity index (χ3n) is 3.74. The van der Waals surface area contributed by atoms with Crippen molar-refractivity contribution in [2.45, 2.75) is 32.2 Å². The number of aromatic nitrogens is 2. The summed E-state index contributed by atoms with van der Waals surface area (Å²) in [6.07, 6.45) is 3.26. The molecule has 0 aliphatic carbocycles. The number of rotatable bonds is 4. The zero-order chi connectivity index (χ0) is 16.3. The van der Waals surface area contributed by atoms with Gasteiger partial charge in [-0.2, -0.15) is 0 Å². The standard InChI is InChI=1S/C12H21N5O3S2/c1-4-10-14-15-11(21-10)13-12(18)16(2)9-5-7-17(8-6-9)22(3,19)20/h9H,4-8H2,1-3H3,(H,13,15,18). The molecule has 2 heterocycles. The van der Waals surface area contributed by atoms with Gasteiger partial charge in [-0.15, -0.1) is 10.2 Å². The summed E-state index contributed by atoms with van der Waals surface area (Å²) in [4.78, 5) is 13.8. The van der Waals surface area contributed by atoms with Gasteiger partial charge in [0.05, 0.1) is 6.26 Å². The Kier molecular flexibility index (Phi) is 5.35. The Labute approximate surface area is 134 Å². The molecule has 0 saturated carbocycles. The molecule has 2 rings (SSSR count). The number of nitrogens with zero attached hydrogens (tertiary/aromatic N) is 4. The van der Waals surface area contributed by atoms with Crippen molar-refractivity contribution >= 4 is 32.5 Å². The number of nitrogens with one attached hydrogen (secondary N) is 1. The van der Waals surface area contributed by atoms with Crippen LogP contribution < -0.4 is 5.32 Å². The van der Waals surface area contributed by atoms with Crippen molar-refractivity contribution in [1.29, 1.82) is 0 Å². The Morgan fingerprint density at radius 1 is 1.41 bits per heavy atom. The monoisotopic (exact) mass is 347 g/mol. The van der Waals surface area contributed by atoms with Crippen LogP contribution in [0.2, 0.25) is 0 Å². The van der Waals surface area contributed by atoms with E-state index in [2.05, 4.69) is 15.5 Å². The lowest BCUT2D eigenvalue weighted by molar-refractivity contribution is 0.174. The second-order valence-corrected chi connectivity index (χ2v) is 8.33. The van der Waals surface area contributed by atoms with Crippen molar-refractivity contribution in [2.24, 2.45) is 0 Å². The van der Waals surface area contributed by atoms with Crippen LogP contribution in [0, 0.1) is 0 Å². The maximum Gasteiger partial charge on any atom is 0.323 e. The summed E-state index contributed by atoms with van der Waals surface area (Å²) in [6.45, 7) is 2.87. The SMILES string of the molecule is CCc1nnc(NC(=O)N(C)C2CCN(S(C)(=O)=O)CC2)s1. The fraction of sp³-hybridized carbons (Fsp3) is 0.750. The molecule has 2 amide bonds. The number of carbonyl (C=O) groups excluding carboxylic acids is 1. The van der Waals surface area contributed by atoms with Gasteiger partial charge in [0, 0.05) is 26.2 Å². The zero-order valence-electron chi connectivity index (χ0n) is 12.9. The first-order chi connectivity index (χ1) is 10.3. The molecule has 0 unspecified atom stereocenters. The molecular weight excluding hydrogens is 326 g/mol. The minimum absolute atomic E-state index is 0.0246. The number of anilines is 1. The van der Waals surface area contributed by atoms with Gasteiger partial charge >= 0.3 is 6.03 Å². The van der Waals surface area contributed by atoms with Crippen LogP contribution in [-0.2, 0) is 16.4 Å². The zero-order valence-corrected chi connectivity index (χ0v) is 14.6. The summed E-state index contributed by atoms with van der Waals surface area (Å²) >= 11 is 1.36. The highest BCUT2D eigenvalue weighted by Crippen LogP contribution is 2.20. The number of hydrogen-bond acceptors (Lipinski definition) is 6. The van der Waals surface area contributed by atoms with Crippen LogP contribution in [0.4, 0.5) is 9.93 Å². The third kappa shape index (κ3) is 4.14. The molecule has 1 N–H and O–H groups in total. The highest BCUT2D eigenvalue weighted by atomic mass is 32.2. The van der Waals surface area contributed by atoms with E-state index in [0.717, 1.165) is 11.4 Å². The molecule has 0 atom stereocenters. The second-order valence-electron chi connectivity index (χ2n) is 5.29. The van der Waals surface area contributed by atoms with Crippen LogP contribution in [0.5, 0.6) is 0 Å². The van der Waals surface area contributed by atoms with Gasteiger partial charge in [0.2, 0.25) is 15.2 Å². The van der Waals surface area contributed by atoms with Crippen LogP contribution >= 0.6 is 11.3 Å². The van der Waals surface area contributed by atoms with Crippen LogP contribution in [-0.4, -0.2) is 66.3 Å². The Balaban J connectivity index is 1.89. The van der Waals surface area contributed by atoms with E-state index < -0.39 is 10.0 Å². The molecule has 1 fully saturated rings. The van der Waals surface area contributed by atoms with E-state index in [9.17, 15) is 13.2 Å². The molecule has 22 heavy (non-hydrogen) atoms. The fourth-order valence-electron chi connectivity index (χ4n) is 2.35. The van der Waals surface area contributed by atoms with Gasteiger partial charge < -0.3 is 4.90 Å². The summed E-state index contributed by atoms with van der Waals surface area (Å²) in [6, 6.07) is -0.215. The van der Waals surface area contributed by atoms with Crippen molar-refractivity contribution in [3.8, 4) is 0 Å². The van der Waals surface area contributed by atoms with Crippen molar-refractivity contribution in [1.82, 2.24) is 19.4 Å². The van der Waals surface area contributed by atoms with E-state index in [1.54, 1.807) is 11.9 Å².